The average molecular weight is 327 g/mol. The Hall–Kier alpha value is -1.33. The van der Waals surface area contributed by atoms with Gasteiger partial charge in [-0.15, -0.1) is 0 Å². The largest absolute Gasteiger partial charge is 0.268 e. The quantitative estimate of drug-likeness (QED) is 0.921. The van der Waals surface area contributed by atoms with Crippen molar-refractivity contribution in [1.82, 2.24) is 4.72 Å². The number of amidine groups is 1. The van der Waals surface area contributed by atoms with E-state index >= 15 is 0 Å². The van der Waals surface area contributed by atoms with E-state index in [0.717, 1.165) is 6.42 Å². The third-order valence-corrected chi connectivity index (χ3v) is 5.04. The molecule has 0 fully saturated rings. The second-order valence-electron chi connectivity index (χ2n) is 5.48. The van der Waals surface area contributed by atoms with Gasteiger partial charge in [0, 0.05) is 17.1 Å². The number of rotatable bonds is 4. The van der Waals surface area contributed by atoms with E-state index < -0.39 is 10.0 Å². The van der Waals surface area contributed by atoms with Gasteiger partial charge in [0.2, 0.25) is 0 Å². The van der Waals surface area contributed by atoms with Crippen LogP contribution in [0.25, 0.3) is 4.91 Å². The summed E-state index contributed by atoms with van der Waals surface area (Å²) in [6.45, 7) is 6.59. The molecule has 1 N–H and O–H groups in total. The Balaban J connectivity index is 2.40. The highest BCUT2D eigenvalue weighted by Gasteiger charge is 2.32. The molecule has 1 aromatic rings. The molecule has 0 unspecified atom stereocenters. The van der Waals surface area contributed by atoms with Crippen molar-refractivity contribution >= 4 is 32.4 Å². The minimum Gasteiger partial charge on any atom is -0.268 e. The van der Waals surface area contributed by atoms with E-state index in [2.05, 4.69) is 23.6 Å². The smallest absolute Gasteiger partial charge is 0.264 e. The lowest BCUT2D eigenvalue weighted by Gasteiger charge is -2.03. The molecular formula is C15H19ClN2O2S. The molecule has 0 amide bonds. The van der Waals surface area contributed by atoms with Crippen LogP contribution in [-0.4, -0.2) is 20.8 Å². The number of nitrogens with one attached hydrogen (secondary N) is 1. The Morgan fingerprint density at radius 3 is 2.67 bits per heavy atom. The summed E-state index contributed by atoms with van der Waals surface area (Å²) in [6, 6.07) is 6.84. The van der Waals surface area contributed by atoms with E-state index in [4.69, 9.17) is 11.6 Å². The second-order valence-corrected chi connectivity index (χ2v) is 7.54. The van der Waals surface area contributed by atoms with Crippen LogP contribution in [0.1, 0.15) is 32.8 Å². The highest BCUT2D eigenvalue weighted by Crippen LogP contribution is 2.31. The van der Waals surface area contributed by atoms with Gasteiger partial charge in [0.25, 0.3) is 10.0 Å². The minimum absolute atomic E-state index is 0.258. The molecule has 0 atom stereocenters. The predicted molar refractivity (Wildman–Crippen MR) is 87.9 cm³/mol. The Bertz CT molecular complexity index is 706. The monoisotopic (exact) mass is 326 g/mol. The first kappa shape index (κ1) is 16.0. The first-order valence-corrected chi connectivity index (χ1v) is 8.72. The number of nitrogens with zero attached hydrogens (tertiary/aromatic N) is 1. The van der Waals surface area contributed by atoms with Crippen LogP contribution < -0.4 is 4.72 Å². The molecule has 0 aliphatic carbocycles. The molecule has 1 aromatic carbocycles. The van der Waals surface area contributed by atoms with Gasteiger partial charge < -0.3 is 0 Å². The van der Waals surface area contributed by atoms with E-state index in [1.807, 2.05) is 0 Å². The Labute approximate surface area is 131 Å². The number of aliphatic imine (C=N–C) groups is 1. The van der Waals surface area contributed by atoms with Gasteiger partial charge in [-0.2, -0.15) is 0 Å². The lowest BCUT2D eigenvalue weighted by Crippen LogP contribution is -2.23. The van der Waals surface area contributed by atoms with Crippen LogP contribution in [0.2, 0.25) is 5.02 Å². The maximum Gasteiger partial charge on any atom is 0.264 e. The van der Waals surface area contributed by atoms with Gasteiger partial charge in [-0.25, -0.2) is 8.42 Å². The number of benzene rings is 1. The number of halogens is 1. The Morgan fingerprint density at radius 1 is 1.33 bits per heavy atom. The summed E-state index contributed by atoms with van der Waals surface area (Å²) in [4.78, 5) is 4.63. The molecule has 1 aliphatic rings. The molecule has 0 radical (unpaired) electrons. The molecule has 0 aromatic heterocycles. The number of sulfonamides is 1. The molecule has 1 heterocycles. The fourth-order valence-corrected chi connectivity index (χ4v) is 3.85. The van der Waals surface area contributed by atoms with Crippen LogP contribution in [-0.2, 0) is 10.0 Å². The maximum absolute atomic E-state index is 12.3. The SMILES string of the molecule is CC1=C(c2cccc(Cl)c2)S(=O)(=O)NC1=NCCC(C)C. The summed E-state index contributed by atoms with van der Waals surface area (Å²) < 4.78 is 27.1. The van der Waals surface area contributed by atoms with E-state index in [0.29, 0.717) is 34.5 Å². The van der Waals surface area contributed by atoms with Gasteiger partial charge in [-0.1, -0.05) is 37.6 Å². The van der Waals surface area contributed by atoms with Gasteiger partial charge in [-0.3, -0.25) is 9.71 Å². The summed E-state index contributed by atoms with van der Waals surface area (Å²) in [7, 11) is -3.57. The zero-order valence-electron chi connectivity index (χ0n) is 12.4. The predicted octanol–water partition coefficient (Wildman–Crippen LogP) is 3.45. The molecule has 0 saturated carbocycles. The molecule has 114 valence electrons. The summed E-state index contributed by atoms with van der Waals surface area (Å²) in [6.07, 6.45) is 0.922. The Morgan fingerprint density at radius 2 is 2.05 bits per heavy atom. The number of hydrogen-bond donors (Lipinski definition) is 1. The van der Waals surface area contributed by atoms with Crippen molar-refractivity contribution in [2.75, 3.05) is 6.54 Å². The summed E-state index contributed by atoms with van der Waals surface area (Å²) in [5.74, 6) is 0.967. The standard InChI is InChI=1S/C15H19ClN2O2S/c1-10(2)7-8-17-15-11(3)14(21(19,20)18-15)12-5-4-6-13(16)9-12/h4-6,9-10H,7-8H2,1-3H3,(H,17,18). The zero-order valence-corrected chi connectivity index (χ0v) is 13.9. The van der Waals surface area contributed by atoms with Gasteiger partial charge >= 0.3 is 0 Å². The highest BCUT2D eigenvalue weighted by atomic mass is 35.5. The fraction of sp³-hybridized carbons (Fsp3) is 0.400. The maximum atomic E-state index is 12.3. The first-order chi connectivity index (χ1) is 9.81. The molecular weight excluding hydrogens is 308 g/mol. The third kappa shape index (κ3) is 3.66. The van der Waals surface area contributed by atoms with Crippen molar-refractivity contribution in [3.8, 4) is 0 Å². The van der Waals surface area contributed by atoms with Crippen molar-refractivity contribution in [2.45, 2.75) is 27.2 Å². The highest BCUT2D eigenvalue weighted by molar-refractivity contribution is 8.00. The van der Waals surface area contributed by atoms with Crippen molar-refractivity contribution < 1.29 is 8.42 Å². The molecule has 6 heteroatoms. The van der Waals surface area contributed by atoms with E-state index in [-0.39, 0.29) is 4.91 Å². The molecule has 21 heavy (non-hydrogen) atoms. The van der Waals surface area contributed by atoms with Crippen LogP contribution in [0.4, 0.5) is 0 Å². The molecule has 0 spiro atoms. The van der Waals surface area contributed by atoms with Gasteiger partial charge in [0.1, 0.15) is 10.7 Å². The lowest BCUT2D eigenvalue weighted by atomic mass is 10.1. The van der Waals surface area contributed by atoms with E-state index in [1.165, 1.54) is 0 Å². The Kier molecular flexibility index (Phi) is 4.74. The van der Waals surface area contributed by atoms with Gasteiger partial charge in [-0.05, 0) is 37.0 Å². The van der Waals surface area contributed by atoms with Crippen molar-refractivity contribution in [1.29, 1.82) is 0 Å². The van der Waals surface area contributed by atoms with E-state index in [9.17, 15) is 8.42 Å². The first-order valence-electron chi connectivity index (χ1n) is 6.85. The normalized spacial score (nSPS) is 19.4. The van der Waals surface area contributed by atoms with Crippen LogP contribution in [0.3, 0.4) is 0 Å². The van der Waals surface area contributed by atoms with Gasteiger partial charge in [0.15, 0.2) is 0 Å². The molecule has 0 bridgehead atoms. The van der Waals surface area contributed by atoms with Crippen molar-refractivity contribution in [3.05, 3.63) is 40.4 Å². The fourth-order valence-electron chi connectivity index (χ4n) is 2.15. The molecule has 2 rings (SSSR count). The summed E-state index contributed by atoms with van der Waals surface area (Å²) in [5.41, 5.74) is 1.22. The molecule has 4 nitrogen and oxygen atoms in total. The summed E-state index contributed by atoms with van der Waals surface area (Å²) >= 11 is 5.95. The van der Waals surface area contributed by atoms with Crippen LogP contribution in [0.15, 0.2) is 34.8 Å². The molecule has 1 aliphatic heterocycles. The zero-order chi connectivity index (χ0) is 15.6. The summed E-state index contributed by atoms with van der Waals surface area (Å²) in [5, 5.41) is 0.508. The van der Waals surface area contributed by atoms with E-state index in [1.54, 1.807) is 31.2 Å². The average Bonchev–Trinajstić information content (AvgIpc) is 2.59. The van der Waals surface area contributed by atoms with Crippen LogP contribution in [0, 0.1) is 5.92 Å². The van der Waals surface area contributed by atoms with Crippen LogP contribution >= 0.6 is 11.6 Å². The van der Waals surface area contributed by atoms with Gasteiger partial charge in [0.05, 0.1) is 0 Å². The van der Waals surface area contributed by atoms with Crippen molar-refractivity contribution in [3.63, 3.8) is 0 Å². The van der Waals surface area contributed by atoms with Crippen molar-refractivity contribution in [2.24, 2.45) is 10.9 Å². The lowest BCUT2D eigenvalue weighted by molar-refractivity contribution is 0.595. The molecule has 0 saturated heterocycles. The minimum atomic E-state index is -3.57. The van der Waals surface area contributed by atoms with Crippen LogP contribution in [0.5, 0.6) is 0 Å². The second kappa shape index (κ2) is 6.20. The topological polar surface area (TPSA) is 58.5 Å². The number of hydrogen-bond acceptors (Lipinski definition) is 3. The third-order valence-electron chi connectivity index (χ3n) is 3.26.